The van der Waals surface area contributed by atoms with Gasteiger partial charge < -0.3 is 10.6 Å². The fourth-order valence-electron chi connectivity index (χ4n) is 1.97. The number of anilines is 2. The van der Waals surface area contributed by atoms with E-state index in [1.165, 1.54) is 0 Å². The number of nitrogen functional groups attached to an aromatic ring is 1. The summed E-state index contributed by atoms with van der Waals surface area (Å²) in [4.78, 5) is 14.0. The molecule has 0 aliphatic rings. The highest BCUT2D eigenvalue weighted by atomic mass is 16.2. The standard InChI is InChI=1S/C14H18N4O/c1-4-10-9-13(18(3)16-10)14(19)17(2)12-8-6-5-7-11(12)15/h5-9H,4,15H2,1-3H3. The first-order valence-electron chi connectivity index (χ1n) is 6.20. The van der Waals surface area contributed by atoms with Crippen LogP contribution in [0.1, 0.15) is 23.1 Å². The summed E-state index contributed by atoms with van der Waals surface area (Å²) in [5.74, 6) is -0.118. The van der Waals surface area contributed by atoms with Crippen molar-refractivity contribution in [2.75, 3.05) is 17.7 Å². The molecule has 100 valence electrons. The Morgan fingerprint density at radius 2 is 2.11 bits per heavy atom. The predicted molar refractivity (Wildman–Crippen MR) is 76.2 cm³/mol. The molecule has 2 N–H and O–H groups in total. The summed E-state index contributed by atoms with van der Waals surface area (Å²) in [5, 5.41) is 4.29. The van der Waals surface area contributed by atoms with Gasteiger partial charge in [-0.2, -0.15) is 5.10 Å². The average Bonchev–Trinajstić information content (AvgIpc) is 2.79. The quantitative estimate of drug-likeness (QED) is 0.854. The molecule has 1 aromatic carbocycles. The van der Waals surface area contributed by atoms with Crippen molar-refractivity contribution < 1.29 is 4.79 Å². The summed E-state index contributed by atoms with van der Waals surface area (Å²) < 4.78 is 1.61. The van der Waals surface area contributed by atoms with Gasteiger partial charge in [-0.25, -0.2) is 0 Å². The van der Waals surface area contributed by atoms with Crippen LogP contribution in [0, 0.1) is 0 Å². The lowest BCUT2D eigenvalue weighted by molar-refractivity contribution is 0.0984. The minimum absolute atomic E-state index is 0.118. The molecule has 5 nitrogen and oxygen atoms in total. The van der Waals surface area contributed by atoms with Crippen molar-refractivity contribution in [3.63, 3.8) is 0 Å². The Morgan fingerprint density at radius 3 is 2.68 bits per heavy atom. The molecule has 2 aromatic rings. The van der Waals surface area contributed by atoms with E-state index in [1.807, 2.05) is 31.2 Å². The fourth-order valence-corrected chi connectivity index (χ4v) is 1.97. The summed E-state index contributed by atoms with van der Waals surface area (Å²) in [6.45, 7) is 2.01. The van der Waals surface area contributed by atoms with Gasteiger partial charge in [0.25, 0.3) is 5.91 Å². The Hall–Kier alpha value is -2.30. The molecule has 0 bridgehead atoms. The van der Waals surface area contributed by atoms with Gasteiger partial charge in [0, 0.05) is 14.1 Å². The molecule has 5 heteroatoms. The van der Waals surface area contributed by atoms with Gasteiger partial charge in [0.1, 0.15) is 5.69 Å². The summed E-state index contributed by atoms with van der Waals surface area (Å²) >= 11 is 0. The van der Waals surface area contributed by atoms with E-state index >= 15 is 0 Å². The number of rotatable bonds is 3. The molecule has 0 aliphatic carbocycles. The molecule has 0 atom stereocenters. The van der Waals surface area contributed by atoms with Crippen LogP contribution in [0.15, 0.2) is 30.3 Å². The van der Waals surface area contributed by atoms with E-state index < -0.39 is 0 Å². The SMILES string of the molecule is CCc1cc(C(=O)N(C)c2ccccc2N)n(C)n1. The largest absolute Gasteiger partial charge is 0.397 e. The van der Waals surface area contributed by atoms with Crippen molar-refractivity contribution in [3.05, 3.63) is 41.7 Å². The van der Waals surface area contributed by atoms with Crippen molar-refractivity contribution in [2.45, 2.75) is 13.3 Å². The number of aromatic nitrogens is 2. The first-order valence-corrected chi connectivity index (χ1v) is 6.20. The van der Waals surface area contributed by atoms with E-state index in [-0.39, 0.29) is 5.91 Å². The average molecular weight is 258 g/mol. The highest BCUT2D eigenvalue weighted by molar-refractivity contribution is 6.06. The summed E-state index contributed by atoms with van der Waals surface area (Å²) in [6, 6.07) is 9.12. The van der Waals surface area contributed by atoms with Crippen LogP contribution in [0.4, 0.5) is 11.4 Å². The van der Waals surface area contributed by atoms with Gasteiger partial charge in [-0.3, -0.25) is 9.48 Å². The van der Waals surface area contributed by atoms with Crippen LogP contribution in [0.3, 0.4) is 0 Å². The van der Waals surface area contributed by atoms with Gasteiger partial charge in [0.15, 0.2) is 0 Å². The van der Waals surface area contributed by atoms with Gasteiger partial charge in [-0.05, 0) is 24.6 Å². The third kappa shape index (κ3) is 2.45. The van der Waals surface area contributed by atoms with Crippen LogP contribution < -0.4 is 10.6 Å². The summed E-state index contributed by atoms with van der Waals surface area (Å²) in [7, 11) is 3.49. The second-order valence-corrected chi connectivity index (χ2v) is 4.42. The Labute approximate surface area is 112 Å². The van der Waals surface area contributed by atoms with Crippen LogP contribution in [-0.2, 0) is 13.5 Å². The lowest BCUT2D eigenvalue weighted by Crippen LogP contribution is -2.28. The molecule has 19 heavy (non-hydrogen) atoms. The smallest absolute Gasteiger partial charge is 0.276 e. The molecule has 0 saturated carbocycles. The highest BCUT2D eigenvalue weighted by Gasteiger charge is 2.19. The number of nitrogens with zero attached hydrogens (tertiary/aromatic N) is 3. The fraction of sp³-hybridized carbons (Fsp3) is 0.286. The topological polar surface area (TPSA) is 64.2 Å². The van der Waals surface area contributed by atoms with Gasteiger partial charge in [0.05, 0.1) is 17.1 Å². The summed E-state index contributed by atoms with van der Waals surface area (Å²) in [5.41, 5.74) is 8.63. The normalized spacial score (nSPS) is 10.5. The number of nitrogens with two attached hydrogens (primary N) is 1. The molecule has 0 aliphatic heterocycles. The number of hydrogen-bond acceptors (Lipinski definition) is 3. The minimum Gasteiger partial charge on any atom is -0.397 e. The zero-order valence-electron chi connectivity index (χ0n) is 11.4. The van der Waals surface area contributed by atoms with Gasteiger partial charge >= 0.3 is 0 Å². The second kappa shape index (κ2) is 5.14. The van der Waals surface area contributed by atoms with Crippen LogP contribution in [0.2, 0.25) is 0 Å². The molecular formula is C14H18N4O. The van der Waals surface area contributed by atoms with Crippen LogP contribution in [-0.4, -0.2) is 22.7 Å². The number of para-hydroxylation sites is 2. The van der Waals surface area contributed by atoms with Crippen molar-refractivity contribution >= 4 is 17.3 Å². The maximum Gasteiger partial charge on any atom is 0.276 e. The molecular weight excluding hydrogens is 240 g/mol. The maximum absolute atomic E-state index is 12.5. The first kappa shape index (κ1) is 13.1. The maximum atomic E-state index is 12.5. The van der Waals surface area contributed by atoms with E-state index in [9.17, 15) is 4.79 Å². The zero-order chi connectivity index (χ0) is 14.0. The molecule has 1 heterocycles. The third-order valence-electron chi connectivity index (χ3n) is 3.11. The monoisotopic (exact) mass is 258 g/mol. The van der Waals surface area contributed by atoms with Gasteiger partial charge in [0.2, 0.25) is 0 Å². The molecule has 0 unspecified atom stereocenters. The molecule has 1 amide bonds. The van der Waals surface area contributed by atoms with Crippen molar-refractivity contribution in [2.24, 2.45) is 7.05 Å². The lowest BCUT2D eigenvalue weighted by atomic mass is 10.2. The molecule has 0 saturated heterocycles. The number of amides is 1. The van der Waals surface area contributed by atoms with Crippen LogP contribution in [0.5, 0.6) is 0 Å². The number of carbonyl (C=O) groups excluding carboxylic acids is 1. The van der Waals surface area contributed by atoms with Crippen LogP contribution >= 0.6 is 0 Å². The van der Waals surface area contributed by atoms with Crippen LogP contribution in [0.25, 0.3) is 0 Å². The Bertz CT molecular complexity index is 603. The first-order chi connectivity index (χ1) is 9.04. The molecule has 0 radical (unpaired) electrons. The minimum atomic E-state index is -0.118. The number of carbonyl (C=O) groups is 1. The zero-order valence-corrected chi connectivity index (χ0v) is 11.4. The van der Waals surface area contributed by atoms with E-state index in [4.69, 9.17) is 5.73 Å². The Morgan fingerprint density at radius 1 is 1.42 bits per heavy atom. The van der Waals surface area contributed by atoms with Gasteiger partial charge in [-0.1, -0.05) is 19.1 Å². The van der Waals surface area contributed by atoms with Gasteiger partial charge in [-0.15, -0.1) is 0 Å². The Kier molecular flexibility index (Phi) is 3.55. The summed E-state index contributed by atoms with van der Waals surface area (Å²) in [6.07, 6.45) is 0.804. The number of aryl methyl sites for hydroxylation is 2. The Balaban J connectivity index is 2.33. The van der Waals surface area contributed by atoms with Crippen molar-refractivity contribution in [1.29, 1.82) is 0 Å². The molecule has 0 fully saturated rings. The lowest BCUT2D eigenvalue weighted by Gasteiger charge is -2.18. The van der Waals surface area contributed by atoms with E-state index in [1.54, 1.807) is 29.7 Å². The highest BCUT2D eigenvalue weighted by Crippen LogP contribution is 2.22. The molecule has 0 spiro atoms. The van der Waals surface area contributed by atoms with E-state index in [0.717, 1.165) is 12.1 Å². The van der Waals surface area contributed by atoms with Crippen molar-refractivity contribution in [3.8, 4) is 0 Å². The van der Waals surface area contributed by atoms with E-state index in [2.05, 4.69) is 5.10 Å². The number of hydrogen-bond donors (Lipinski definition) is 1. The number of benzene rings is 1. The predicted octanol–water partition coefficient (Wildman–Crippen LogP) is 1.84. The molecule has 1 aromatic heterocycles. The third-order valence-corrected chi connectivity index (χ3v) is 3.11. The second-order valence-electron chi connectivity index (χ2n) is 4.42. The molecule has 2 rings (SSSR count). The van der Waals surface area contributed by atoms with E-state index in [0.29, 0.717) is 17.1 Å². The van der Waals surface area contributed by atoms with Crippen molar-refractivity contribution in [1.82, 2.24) is 9.78 Å².